The highest BCUT2D eigenvalue weighted by Gasteiger charge is 2.28. The van der Waals surface area contributed by atoms with E-state index in [1.54, 1.807) is 24.6 Å². The first-order valence-corrected chi connectivity index (χ1v) is 9.52. The molecule has 118 valence electrons. The van der Waals surface area contributed by atoms with Crippen LogP contribution < -0.4 is 5.32 Å². The van der Waals surface area contributed by atoms with Crippen LogP contribution >= 0.6 is 11.3 Å². The summed E-state index contributed by atoms with van der Waals surface area (Å²) in [6.07, 6.45) is 3.29. The Kier molecular flexibility index (Phi) is 5.40. The van der Waals surface area contributed by atoms with Gasteiger partial charge in [0.05, 0.1) is 0 Å². The molecule has 21 heavy (non-hydrogen) atoms. The fourth-order valence-corrected chi connectivity index (χ4v) is 4.60. The van der Waals surface area contributed by atoms with Gasteiger partial charge < -0.3 is 5.32 Å². The van der Waals surface area contributed by atoms with Gasteiger partial charge in [0.1, 0.15) is 4.21 Å². The number of nitrogens with one attached hydrogen (secondary N) is 1. The lowest BCUT2D eigenvalue weighted by atomic mass is 10.2. The van der Waals surface area contributed by atoms with Crippen LogP contribution in [0.2, 0.25) is 0 Å². The molecule has 2 rings (SSSR count). The molecule has 1 N–H and O–H groups in total. The van der Waals surface area contributed by atoms with Crippen LogP contribution in [0.25, 0.3) is 0 Å². The van der Waals surface area contributed by atoms with Gasteiger partial charge in [0, 0.05) is 26.1 Å². The molecule has 0 aliphatic heterocycles. The highest BCUT2D eigenvalue weighted by atomic mass is 32.2. The van der Waals surface area contributed by atoms with Crippen LogP contribution in [0.4, 0.5) is 0 Å². The van der Waals surface area contributed by atoms with Crippen molar-refractivity contribution < 1.29 is 13.2 Å². The summed E-state index contributed by atoms with van der Waals surface area (Å²) < 4.78 is 26.0. The minimum Gasteiger partial charge on any atom is -0.353 e. The van der Waals surface area contributed by atoms with Gasteiger partial charge >= 0.3 is 0 Å². The molecule has 1 amide bonds. The van der Waals surface area contributed by atoms with Crippen LogP contribution in [0.5, 0.6) is 0 Å². The van der Waals surface area contributed by atoms with E-state index in [1.165, 1.54) is 28.5 Å². The van der Waals surface area contributed by atoms with E-state index in [0.717, 1.165) is 0 Å². The van der Waals surface area contributed by atoms with Crippen molar-refractivity contribution in [3.8, 4) is 0 Å². The number of nitrogens with zero attached hydrogens (tertiary/aromatic N) is 1. The van der Waals surface area contributed by atoms with E-state index in [4.69, 9.17) is 0 Å². The van der Waals surface area contributed by atoms with Crippen LogP contribution in [-0.2, 0) is 14.8 Å². The van der Waals surface area contributed by atoms with Gasteiger partial charge in [-0.2, -0.15) is 0 Å². The van der Waals surface area contributed by atoms with Gasteiger partial charge in [-0.15, -0.1) is 11.3 Å². The molecule has 1 atom stereocenters. The lowest BCUT2D eigenvalue weighted by Gasteiger charge is -2.16. The summed E-state index contributed by atoms with van der Waals surface area (Å²) in [4.78, 5) is 11.8. The first-order valence-electron chi connectivity index (χ1n) is 7.20. The van der Waals surface area contributed by atoms with Crippen LogP contribution in [-0.4, -0.2) is 38.3 Å². The zero-order chi connectivity index (χ0) is 15.5. The largest absolute Gasteiger partial charge is 0.353 e. The number of carbonyl (C=O) groups excluding carboxylic acids is 1. The normalized spacial score (nSPS) is 16.9. The second-order valence-corrected chi connectivity index (χ2v) is 8.78. The molecule has 1 aromatic rings. The molecule has 1 aliphatic rings. The first kappa shape index (κ1) is 16.5. The predicted molar refractivity (Wildman–Crippen MR) is 83.7 cm³/mol. The van der Waals surface area contributed by atoms with Crippen molar-refractivity contribution in [1.82, 2.24) is 9.62 Å². The number of hydrogen-bond donors (Lipinski definition) is 1. The van der Waals surface area contributed by atoms with Crippen molar-refractivity contribution in [2.45, 2.75) is 42.9 Å². The molecular weight excluding hydrogens is 308 g/mol. The van der Waals surface area contributed by atoms with Gasteiger partial charge in [-0.05, 0) is 43.6 Å². The Morgan fingerprint density at radius 1 is 1.52 bits per heavy atom. The minimum atomic E-state index is -3.40. The molecule has 0 saturated heterocycles. The molecule has 5 nitrogen and oxygen atoms in total. The SMILES string of the molecule is CC(NC(=O)CCCN(C)S(=O)(=O)c1cccs1)C1CC1. The molecular formula is C14H22N2O3S2. The maximum atomic E-state index is 12.2. The quantitative estimate of drug-likeness (QED) is 0.793. The van der Waals surface area contributed by atoms with Gasteiger partial charge in [0.15, 0.2) is 0 Å². The molecule has 1 heterocycles. The van der Waals surface area contributed by atoms with E-state index in [-0.39, 0.29) is 11.9 Å². The smallest absolute Gasteiger partial charge is 0.252 e. The maximum absolute atomic E-state index is 12.2. The van der Waals surface area contributed by atoms with Crippen molar-refractivity contribution in [1.29, 1.82) is 0 Å². The molecule has 1 unspecified atom stereocenters. The van der Waals surface area contributed by atoms with Crippen molar-refractivity contribution >= 4 is 27.3 Å². The fraction of sp³-hybridized carbons (Fsp3) is 0.643. The Morgan fingerprint density at radius 3 is 2.81 bits per heavy atom. The zero-order valence-corrected chi connectivity index (χ0v) is 14.0. The number of rotatable bonds is 8. The minimum absolute atomic E-state index is 0.0105. The molecule has 1 fully saturated rings. The number of hydrogen-bond acceptors (Lipinski definition) is 4. The van der Waals surface area contributed by atoms with Crippen LogP contribution in [0.15, 0.2) is 21.7 Å². The summed E-state index contributed by atoms with van der Waals surface area (Å²) >= 11 is 1.21. The van der Waals surface area contributed by atoms with Crippen molar-refractivity contribution in [3.05, 3.63) is 17.5 Å². The van der Waals surface area contributed by atoms with Crippen molar-refractivity contribution in [2.75, 3.05) is 13.6 Å². The molecule has 0 aromatic carbocycles. The Balaban J connectivity index is 1.73. The lowest BCUT2D eigenvalue weighted by molar-refractivity contribution is -0.121. The summed E-state index contributed by atoms with van der Waals surface area (Å²) in [5.41, 5.74) is 0. The summed E-state index contributed by atoms with van der Waals surface area (Å²) in [6, 6.07) is 3.56. The van der Waals surface area contributed by atoms with Gasteiger partial charge in [0.25, 0.3) is 10.0 Å². The summed E-state index contributed by atoms with van der Waals surface area (Å²) in [5, 5.41) is 4.72. The molecule has 1 aromatic heterocycles. The average Bonchev–Trinajstić information content (AvgIpc) is 3.13. The third-order valence-corrected chi connectivity index (χ3v) is 6.98. The topological polar surface area (TPSA) is 66.5 Å². The Bertz CT molecular complexity index is 565. The predicted octanol–water partition coefficient (Wildman–Crippen LogP) is 2.06. The second kappa shape index (κ2) is 6.89. The van der Waals surface area contributed by atoms with Gasteiger partial charge in [-0.3, -0.25) is 4.79 Å². The highest BCUT2D eigenvalue weighted by Crippen LogP contribution is 2.32. The van der Waals surface area contributed by atoms with E-state index >= 15 is 0 Å². The van der Waals surface area contributed by atoms with Crippen molar-refractivity contribution in [3.63, 3.8) is 0 Å². The van der Waals surface area contributed by atoms with Crippen LogP contribution in [0, 0.1) is 5.92 Å². The average molecular weight is 330 g/mol. The van der Waals surface area contributed by atoms with Crippen molar-refractivity contribution in [2.24, 2.45) is 5.92 Å². The van der Waals surface area contributed by atoms with E-state index in [9.17, 15) is 13.2 Å². The maximum Gasteiger partial charge on any atom is 0.252 e. The first-order chi connectivity index (χ1) is 9.91. The summed E-state index contributed by atoms with van der Waals surface area (Å²) in [7, 11) is -1.84. The van der Waals surface area contributed by atoms with Gasteiger partial charge in [-0.1, -0.05) is 6.07 Å². The number of amides is 1. The fourth-order valence-electron chi connectivity index (χ4n) is 2.19. The summed E-state index contributed by atoms with van der Waals surface area (Å²) in [6.45, 7) is 2.38. The Hall–Kier alpha value is -0.920. The molecule has 0 bridgehead atoms. The third kappa shape index (κ3) is 4.52. The molecule has 1 aliphatic carbocycles. The van der Waals surface area contributed by atoms with Gasteiger partial charge in [-0.25, -0.2) is 12.7 Å². The monoisotopic (exact) mass is 330 g/mol. The Morgan fingerprint density at radius 2 is 2.24 bits per heavy atom. The highest BCUT2D eigenvalue weighted by molar-refractivity contribution is 7.91. The van der Waals surface area contributed by atoms with E-state index in [0.29, 0.717) is 29.5 Å². The van der Waals surface area contributed by atoms with E-state index in [2.05, 4.69) is 5.32 Å². The number of carbonyl (C=O) groups is 1. The lowest BCUT2D eigenvalue weighted by Crippen LogP contribution is -2.34. The van der Waals surface area contributed by atoms with E-state index < -0.39 is 10.0 Å². The third-order valence-electron chi connectivity index (χ3n) is 3.75. The van der Waals surface area contributed by atoms with Crippen LogP contribution in [0.3, 0.4) is 0 Å². The number of sulfonamides is 1. The molecule has 0 radical (unpaired) electrons. The van der Waals surface area contributed by atoms with Crippen LogP contribution in [0.1, 0.15) is 32.6 Å². The molecule has 7 heteroatoms. The second-order valence-electron chi connectivity index (χ2n) is 5.56. The summed E-state index contributed by atoms with van der Waals surface area (Å²) in [5.74, 6) is 0.646. The Labute approximate surface area is 130 Å². The van der Waals surface area contributed by atoms with E-state index in [1.807, 2.05) is 6.92 Å². The molecule has 1 saturated carbocycles. The molecule has 0 spiro atoms. The van der Waals surface area contributed by atoms with Gasteiger partial charge in [0.2, 0.25) is 5.91 Å². The standard InChI is InChI=1S/C14H22N2O3S2/c1-11(12-7-8-12)15-13(17)5-3-9-16(2)21(18,19)14-6-4-10-20-14/h4,6,10-12H,3,5,7-9H2,1-2H3,(H,15,17). The number of thiophene rings is 1. The zero-order valence-electron chi connectivity index (χ0n) is 12.4.